The van der Waals surface area contributed by atoms with E-state index in [4.69, 9.17) is 4.99 Å². The van der Waals surface area contributed by atoms with Crippen molar-refractivity contribution in [2.45, 2.75) is 52.1 Å². The second-order valence-electron chi connectivity index (χ2n) is 6.84. The molecular formula is C13H23N3OS. The van der Waals surface area contributed by atoms with E-state index in [0.29, 0.717) is 5.96 Å². The molecule has 0 aromatic rings. The Morgan fingerprint density at radius 2 is 2.06 bits per heavy atom. The monoisotopic (exact) mass is 269 g/mol. The van der Waals surface area contributed by atoms with Gasteiger partial charge in [0, 0.05) is 16.7 Å². The van der Waals surface area contributed by atoms with Crippen molar-refractivity contribution in [3.63, 3.8) is 0 Å². The second-order valence-corrected chi connectivity index (χ2v) is 7.94. The lowest BCUT2D eigenvalue weighted by Gasteiger charge is -2.42. The quantitative estimate of drug-likeness (QED) is 0.704. The molecule has 5 heteroatoms. The van der Waals surface area contributed by atoms with Crippen LogP contribution in [0.5, 0.6) is 0 Å². The van der Waals surface area contributed by atoms with Crippen molar-refractivity contribution in [3.05, 3.63) is 0 Å². The van der Waals surface area contributed by atoms with Crippen LogP contribution in [-0.2, 0) is 4.79 Å². The summed E-state index contributed by atoms with van der Waals surface area (Å²) in [5, 5.41) is 6.18. The highest BCUT2D eigenvalue weighted by atomic mass is 32.2. The highest BCUT2D eigenvalue weighted by Gasteiger charge is 2.56. The molecule has 1 unspecified atom stereocenters. The fraction of sp³-hybridized carbons (Fsp3) is 0.846. The van der Waals surface area contributed by atoms with Gasteiger partial charge in [0.25, 0.3) is 5.91 Å². The highest BCUT2D eigenvalue weighted by Crippen LogP contribution is 2.46. The predicted octanol–water partition coefficient (Wildman–Crippen LogP) is 1.76. The summed E-state index contributed by atoms with van der Waals surface area (Å²) in [6, 6.07) is 0. The summed E-state index contributed by atoms with van der Waals surface area (Å²) in [4.78, 5) is 17.1. The largest absolute Gasteiger partial charge is 0.351 e. The zero-order chi connectivity index (χ0) is 13.6. The number of thioether (sulfide) groups is 1. The van der Waals surface area contributed by atoms with Gasteiger partial charge in [-0.25, -0.2) is 4.99 Å². The van der Waals surface area contributed by atoms with E-state index < -0.39 is 5.54 Å². The van der Waals surface area contributed by atoms with Crippen molar-refractivity contribution in [1.82, 2.24) is 10.6 Å². The Labute approximate surface area is 113 Å². The number of amides is 1. The lowest BCUT2D eigenvalue weighted by atomic mass is 9.71. The Balaban J connectivity index is 2.30. The molecule has 1 spiro atoms. The third-order valence-corrected chi connectivity index (χ3v) is 4.82. The summed E-state index contributed by atoms with van der Waals surface area (Å²) >= 11 is 1.82. The number of aliphatic imine (C=N–C) groups is 1. The van der Waals surface area contributed by atoms with E-state index in [1.165, 1.54) is 0 Å². The molecule has 18 heavy (non-hydrogen) atoms. The van der Waals surface area contributed by atoms with Gasteiger partial charge in [0.05, 0.1) is 0 Å². The van der Waals surface area contributed by atoms with Crippen molar-refractivity contribution in [3.8, 4) is 0 Å². The van der Waals surface area contributed by atoms with Gasteiger partial charge >= 0.3 is 0 Å². The lowest BCUT2D eigenvalue weighted by molar-refractivity contribution is -0.126. The number of carbonyl (C=O) groups excluding carboxylic acids is 1. The van der Waals surface area contributed by atoms with Gasteiger partial charge in [-0.1, -0.05) is 13.8 Å². The Bertz CT molecular complexity index is 398. The minimum absolute atomic E-state index is 0.0476. The van der Waals surface area contributed by atoms with E-state index in [2.05, 4.69) is 45.3 Å². The van der Waals surface area contributed by atoms with Gasteiger partial charge in [0.2, 0.25) is 0 Å². The first kappa shape index (κ1) is 13.7. The first-order valence-corrected chi connectivity index (χ1v) is 7.59. The maximum atomic E-state index is 12.4. The number of guanidine groups is 1. The first-order chi connectivity index (χ1) is 8.16. The van der Waals surface area contributed by atoms with Crippen LogP contribution in [0.15, 0.2) is 4.99 Å². The SMILES string of the molecule is CC(C)(C)NC1=NC2(CSCCC2(C)C)C(=O)N1. The van der Waals surface area contributed by atoms with Crippen LogP contribution in [0.4, 0.5) is 0 Å². The van der Waals surface area contributed by atoms with E-state index in [1.54, 1.807) is 0 Å². The normalized spacial score (nSPS) is 31.2. The Kier molecular flexibility index (Phi) is 3.16. The third kappa shape index (κ3) is 2.25. The Morgan fingerprint density at radius 1 is 1.39 bits per heavy atom. The molecule has 0 aromatic heterocycles. The maximum absolute atomic E-state index is 12.4. The number of hydrogen-bond acceptors (Lipinski definition) is 4. The average Bonchev–Trinajstić information content (AvgIpc) is 2.47. The average molecular weight is 269 g/mol. The summed E-state index contributed by atoms with van der Waals surface area (Å²) in [6.07, 6.45) is 1.03. The number of hydrogen-bond donors (Lipinski definition) is 2. The Hall–Kier alpha value is -0.710. The van der Waals surface area contributed by atoms with Crippen molar-refractivity contribution in [1.29, 1.82) is 0 Å². The summed E-state index contributed by atoms with van der Waals surface area (Å²) in [7, 11) is 0. The highest BCUT2D eigenvalue weighted by molar-refractivity contribution is 7.99. The van der Waals surface area contributed by atoms with Crippen molar-refractivity contribution >= 4 is 23.6 Å². The molecule has 2 aliphatic heterocycles. The maximum Gasteiger partial charge on any atom is 0.256 e. The number of rotatable bonds is 0. The van der Waals surface area contributed by atoms with E-state index in [0.717, 1.165) is 17.9 Å². The van der Waals surface area contributed by atoms with Crippen LogP contribution in [0.1, 0.15) is 41.0 Å². The molecule has 4 nitrogen and oxygen atoms in total. The van der Waals surface area contributed by atoms with Crippen LogP contribution in [0.2, 0.25) is 0 Å². The molecule has 2 N–H and O–H groups in total. The van der Waals surface area contributed by atoms with Crippen LogP contribution in [0.25, 0.3) is 0 Å². The molecule has 0 saturated carbocycles. The van der Waals surface area contributed by atoms with E-state index in [-0.39, 0.29) is 16.9 Å². The third-order valence-electron chi connectivity index (χ3n) is 3.71. The number of nitrogens with one attached hydrogen (secondary N) is 2. The smallest absolute Gasteiger partial charge is 0.256 e. The molecule has 102 valence electrons. The number of nitrogens with zero attached hydrogens (tertiary/aromatic N) is 1. The summed E-state index contributed by atoms with van der Waals surface area (Å²) in [5.74, 6) is 2.57. The second kappa shape index (κ2) is 4.15. The van der Waals surface area contributed by atoms with E-state index >= 15 is 0 Å². The van der Waals surface area contributed by atoms with Gasteiger partial charge in [0.15, 0.2) is 11.5 Å². The molecule has 1 saturated heterocycles. The van der Waals surface area contributed by atoms with Crippen molar-refractivity contribution < 1.29 is 4.79 Å². The van der Waals surface area contributed by atoms with Gasteiger partial charge < -0.3 is 5.32 Å². The van der Waals surface area contributed by atoms with Crippen LogP contribution < -0.4 is 10.6 Å². The van der Waals surface area contributed by atoms with Crippen molar-refractivity contribution in [2.75, 3.05) is 11.5 Å². The Morgan fingerprint density at radius 3 is 2.61 bits per heavy atom. The molecule has 2 aliphatic rings. The van der Waals surface area contributed by atoms with E-state index in [1.807, 2.05) is 11.8 Å². The summed E-state index contributed by atoms with van der Waals surface area (Å²) in [6.45, 7) is 10.5. The molecule has 2 heterocycles. The van der Waals surface area contributed by atoms with Crippen molar-refractivity contribution in [2.24, 2.45) is 10.4 Å². The lowest BCUT2D eigenvalue weighted by Crippen LogP contribution is -2.55. The van der Waals surface area contributed by atoms with Crippen LogP contribution in [-0.4, -0.2) is 34.5 Å². The number of carbonyl (C=O) groups is 1. The molecule has 0 radical (unpaired) electrons. The predicted molar refractivity (Wildman–Crippen MR) is 76.9 cm³/mol. The van der Waals surface area contributed by atoms with Gasteiger partial charge in [-0.05, 0) is 32.9 Å². The van der Waals surface area contributed by atoms with Crippen LogP contribution in [0.3, 0.4) is 0 Å². The molecule has 0 aromatic carbocycles. The zero-order valence-electron chi connectivity index (χ0n) is 11.9. The fourth-order valence-corrected chi connectivity index (χ4v) is 4.08. The van der Waals surface area contributed by atoms with Gasteiger partial charge in [-0.2, -0.15) is 11.8 Å². The van der Waals surface area contributed by atoms with Gasteiger partial charge in [0.1, 0.15) is 0 Å². The standard InChI is InChI=1S/C13H23N3OS/c1-11(2,3)15-10-14-9(17)13(16-10)8-18-7-6-12(13,4)5/h6-8H2,1-5H3,(H2,14,15,16,17). The van der Waals surface area contributed by atoms with Gasteiger partial charge in [-0.15, -0.1) is 0 Å². The molecule has 0 bridgehead atoms. The van der Waals surface area contributed by atoms with Crippen LogP contribution >= 0.6 is 11.8 Å². The fourth-order valence-electron chi connectivity index (χ4n) is 2.40. The van der Waals surface area contributed by atoms with Gasteiger partial charge in [-0.3, -0.25) is 10.1 Å². The molecule has 0 aliphatic carbocycles. The minimum atomic E-state index is -0.594. The molecule has 1 fully saturated rings. The summed E-state index contributed by atoms with van der Waals surface area (Å²) in [5.41, 5.74) is -0.767. The van der Waals surface area contributed by atoms with E-state index in [9.17, 15) is 4.79 Å². The van der Waals surface area contributed by atoms with Crippen LogP contribution in [0, 0.1) is 5.41 Å². The molecule has 1 amide bonds. The molecular weight excluding hydrogens is 246 g/mol. The molecule has 1 atom stereocenters. The molecule has 2 rings (SSSR count). The first-order valence-electron chi connectivity index (χ1n) is 6.44. The topological polar surface area (TPSA) is 53.5 Å². The zero-order valence-corrected chi connectivity index (χ0v) is 12.7. The minimum Gasteiger partial charge on any atom is -0.351 e. The summed E-state index contributed by atoms with van der Waals surface area (Å²) < 4.78 is 0.